The van der Waals surface area contributed by atoms with E-state index in [9.17, 15) is 0 Å². The van der Waals surface area contributed by atoms with E-state index >= 15 is 0 Å². The lowest BCUT2D eigenvalue weighted by Gasteiger charge is -2.07. The van der Waals surface area contributed by atoms with Crippen molar-refractivity contribution in [2.45, 2.75) is 6.54 Å². The molecule has 1 N–H and O–H groups in total. The first-order chi connectivity index (χ1) is 10.3. The summed E-state index contributed by atoms with van der Waals surface area (Å²) in [6.07, 6.45) is 10.8. The second-order valence-corrected chi connectivity index (χ2v) is 4.57. The SMILES string of the molecule is C#Cc1cccc(Nc2ncnc3c2ccn3CC=C)c1.Cl. The van der Waals surface area contributed by atoms with Crippen molar-refractivity contribution in [3.63, 3.8) is 0 Å². The minimum Gasteiger partial charge on any atom is -0.340 e. The van der Waals surface area contributed by atoms with Crippen LogP contribution in [-0.4, -0.2) is 14.5 Å². The molecule has 0 aliphatic heterocycles. The predicted octanol–water partition coefficient (Wildman–Crippen LogP) is 3.76. The highest BCUT2D eigenvalue weighted by molar-refractivity contribution is 5.89. The Bertz CT molecular complexity index is 845. The monoisotopic (exact) mass is 310 g/mol. The second-order valence-electron chi connectivity index (χ2n) is 4.57. The molecule has 1 aromatic carbocycles. The lowest BCUT2D eigenvalue weighted by atomic mass is 10.2. The number of anilines is 2. The van der Waals surface area contributed by atoms with E-state index in [1.54, 1.807) is 6.33 Å². The van der Waals surface area contributed by atoms with Crippen molar-refractivity contribution in [2.75, 3.05) is 5.32 Å². The standard InChI is InChI=1S/C17H14N4.ClH/c1-3-9-21-10-8-15-16(18-12-19-17(15)21)20-14-7-5-6-13(4-2)11-14;/h2-3,5-8,10-12H,1,9H2,(H,18,19,20);1H. The summed E-state index contributed by atoms with van der Waals surface area (Å²) in [7, 11) is 0. The van der Waals surface area contributed by atoms with Gasteiger partial charge in [-0.2, -0.15) is 0 Å². The van der Waals surface area contributed by atoms with Gasteiger partial charge in [-0.25, -0.2) is 9.97 Å². The normalized spacial score (nSPS) is 9.77. The summed E-state index contributed by atoms with van der Waals surface area (Å²) in [5.74, 6) is 3.38. The molecular formula is C17H15ClN4. The van der Waals surface area contributed by atoms with Crippen molar-refractivity contribution >= 4 is 34.9 Å². The van der Waals surface area contributed by atoms with Crippen molar-refractivity contribution in [1.29, 1.82) is 0 Å². The molecule has 22 heavy (non-hydrogen) atoms. The minimum atomic E-state index is 0. The van der Waals surface area contributed by atoms with E-state index in [-0.39, 0.29) is 12.4 Å². The predicted molar refractivity (Wildman–Crippen MR) is 92.6 cm³/mol. The maximum Gasteiger partial charge on any atom is 0.145 e. The first-order valence-electron chi connectivity index (χ1n) is 6.56. The summed E-state index contributed by atoms with van der Waals surface area (Å²) < 4.78 is 2.02. The van der Waals surface area contributed by atoms with Crippen LogP contribution in [0.1, 0.15) is 5.56 Å². The molecule has 0 atom stereocenters. The molecule has 0 spiro atoms. The van der Waals surface area contributed by atoms with Gasteiger partial charge in [0.1, 0.15) is 17.8 Å². The Morgan fingerprint density at radius 1 is 1.32 bits per heavy atom. The fraction of sp³-hybridized carbons (Fsp3) is 0.0588. The van der Waals surface area contributed by atoms with Crippen LogP contribution in [-0.2, 0) is 6.54 Å². The zero-order valence-electron chi connectivity index (χ0n) is 11.9. The highest BCUT2D eigenvalue weighted by atomic mass is 35.5. The van der Waals surface area contributed by atoms with Crippen LogP contribution in [0.25, 0.3) is 11.0 Å². The van der Waals surface area contributed by atoms with Crippen LogP contribution >= 0.6 is 12.4 Å². The largest absolute Gasteiger partial charge is 0.340 e. The maximum absolute atomic E-state index is 5.42. The number of fused-ring (bicyclic) bond motifs is 1. The van der Waals surface area contributed by atoms with E-state index in [1.165, 1.54) is 0 Å². The number of allylic oxidation sites excluding steroid dienone is 1. The topological polar surface area (TPSA) is 42.7 Å². The molecule has 0 radical (unpaired) electrons. The molecule has 0 unspecified atom stereocenters. The number of nitrogens with one attached hydrogen (secondary N) is 1. The highest BCUT2D eigenvalue weighted by Gasteiger charge is 2.08. The molecule has 0 saturated heterocycles. The zero-order chi connectivity index (χ0) is 14.7. The summed E-state index contributed by atoms with van der Waals surface area (Å²) in [6.45, 7) is 4.47. The number of nitrogens with zero attached hydrogens (tertiary/aromatic N) is 3. The molecule has 4 nitrogen and oxygen atoms in total. The molecule has 0 aliphatic carbocycles. The van der Waals surface area contributed by atoms with Crippen molar-refractivity contribution in [2.24, 2.45) is 0 Å². The number of aromatic nitrogens is 3. The molecule has 110 valence electrons. The van der Waals surface area contributed by atoms with Gasteiger partial charge < -0.3 is 9.88 Å². The van der Waals surface area contributed by atoms with Crippen LogP contribution in [0.4, 0.5) is 11.5 Å². The van der Waals surface area contributed by atoms with Gasteiger partial charge in [-0.3, -0.25) is 0 Å². The summed E-state index contributed by atoms with van der Waals surface area (Å²) >= 11 is 0. The molecule has 2 heterocycles. The number of rotatable bonds is 4. The van der Waals surface area contributed by atoms with Gasteiger partial charge in [0.15, 0.2) is 0 Å². The van der Waals surface area contributed by atoms with E-state index in [0.29, 0.717) is 6.54 Å². The van der Waals surface area contributed by atoms with Crippen molar-refractivity contribution in [3.05, 3.63) is 61.1 Å². The van der Waals surface area contributed by atoms with Gasteiger partial charge in [-0.15, -0.1) is 25.4 Å². The number of terminal acetylenes is 1. The lowest BCUT2D eigenvalue weighted by molar-refractivity contribution is 0.850. The number of hydrogen-bond donors (Lipinski definition) is 1. The number of hydrogen-bond acceptors (Lipinski definition) is 3. The van der Waals surface area contributed by atoms with Crippen LogP contribution in [0.3, 0.4) is 0 Å². The molecular weight excluding hydrogens is 296 g/mol. The van der Waals surface area contributed by atoms with Crippen LogP contribution < -0.4 is 5.32 Å². The molecule has 0 fully saturated rings. The summed E-state index contributed by atoms with van der Waals surface area (Å²) in [5, 5.41) is 4.25. The number of halogens is 1. The van der Waals surface area contributed by atoms with E-state index in [0.717, 1.165) is 28.1 Å². The molecule has 3 rings (SSSR count). The average molecular weight is 311 g/mol. The van der Waals surface area contributed by atoms with Crippen molar-refractivity contribution < 1.29 is 0 Å². The van der Waals surface area contributed by atoms with Gasteiger partial charge in [0.05, 0.1) is 5.39 Å². The Hall–Kier alpha value is -2.77. The van der Waals surface area contributed by atoms with Crippen molar-refractivity contribution in [3.8, 4) is 12.3 Å². The quantitative estimate of drug-likeness (QED) is 0.589. The van der Waals surface area contributed by atoms with E-state index in [2.05, 4.69) is 27.8 Å². The Kier molecular flexibility index (Phi) is 4.82. The highest BCUT2D eigenvalue weighted by Crippen LogP contribution is 2.24. The van der Waals surface area contributed by atoms with Crippen LogP contribution in [0, 0.1) is 12.3 Å². The fourth-order valence-corrected chi connectivity index (χ4v) is 2.21. The van der Waals surface area contributed by atoms with Crippen molar-refractivity contribution in [1.82, 2.24) is 14.5 Å². The van der Waals surface area contributed by atoms with Gasteiger partial charge in [-0.1, -0.05) is 18.1 Å². The maximum atomic E-state index is 5.42. The Balaban J connectivity index is 0.00000176. The number of benzene rings is 1. The summed E-state index contributed by atoms with van der Waals surface area (Å²) in [4.78, 5) is 8.65. The second kappa shape index (κ2) is 6.79. The van der Waals surface area contributed by atoms with Gasteiger partial charge in [0, 0.05) is 24.0 Å². The van der Waals surface area contributed by atoms with Gasteiger partial charge in [-0.05, 0) is 24.3 Å². The molecule has 0 amide bonds. The van der Waals surface area contributed by atoms with E-state index < -0.39 is 0 Å². The third kappa shape index (κ3) is 2.95. The zero-order valence-corrected chi connectivity index (χ0v) is 12.7. The van der Waals surface area contributed by atoms with E-state index in [4.69, 9.17) is 6.42 Å². The third-order valence-electron chi connectivity index (χ3n) is 3.17. The lowest BCUT2D eigenvalue weighted by Crippen LogP contribution is -1.98. The fourth-order valence-electron chi connectivity index (χ4n) is 2.21. The minimum absolute atomic E-state index is 0. The van der Waals surface area contributed by atoms with Gasteiger partial charge >= 0.3 is 0 Å². The molecule has 3 aromatic rings. The van der Waals surface area contributed by atoms with Crippen LogP contribution in [0.5, 0.6) is 0 Å². The molecule has 0 saturated carbocycles. The Morgan fingerprint density at radius 2 is 2.18 bits per heavy atom. The molecule has 0 aliphatic rings. The third-order valence-corrected chi connectivity index (χ3v) is 3.17. The molecule has 2 aromatic heterocycles. The molecule has 0 bridgehead atoms. The van der Waals surface area contributed by atoms with E-state index in [1.807, 2.05) is 47.2 Å². The van der Waals surface area contributed by atoms with Gasteiger partial charge in [0.25, 0.3) is 0 Å². The smallest absolute Gasteiger partial charge is 0.145 e. The van der Waals surface area contributed by atoms with Crippen LogP contribution in [0.15, 0.2) is 55.5 Å². The van der Waals surface area contributed by atoms with Crippen LogP contribution in [0.2, 0.25) is 0 Å². The summed E-state index contributed by atoms with van der Waals surface area (Å²) in [6, 6.07) is 9.66. The Morgan fingerprint density at radius 3 is 2.95 bits per heavy atom. The van der Waals surface area contributed by atoms with Gasteiger partial charge in [0.2, 0.25) is 0 Å². The first kappa shape index (κ1) is 15.6. The first-order valence-corrected chi connectivity index (χ1v) is 6.56. The summed E-state index contributed by atoms with van der Waals surface area (Å²) in [5.41, 5.74) is 2.61. The molecule has 5 heteroatoms. The average Bonchev–Trinajstić information content (AvgIpc) is 2.92. The Labute approximate surface area is 135 Å².